The number of aromatic amines is 1. The number of nitrogens with one attached hydrogen (secondary N) is 2. The van der Waals surface area contributed by atoms with Gasteiger partial charge in [-0.3, -0.25) is 9.78 Å². The molecule has 0 amide bonds. The molecule has 1 aromatic carbocycles. The number of hydrogen-bond donors (Lipinski definition) is 3. The van der Waals surface area contributed by atoms with Gasteiger partial charge in [0.15, 0.2) is 0 Å². The van der Waals surface area contributed by atoms with E-state index in [2.05, 4.69) is 15.3 Å². The summed E-state index contributed by atoms with van der Waals surface area (Å²) in [5, 5.41) is 3.75. The largest absolute Gasteiger partial charge is 0.399 e. The number of hydrogen-bond acceptors (Lipinski definition) is 5. The van der Waals surface area contributed by atoms with E-state index >= 15 is 0 Å². The number of nitrogens with two attached hydrogens (primary N) is 1. The highest BCUT2D eigenvalue weighted by Crippen LogP contribution is 2.25. The third-order valence-corrected chi connectivity index (χ3v) is 3.57. The summed E-state index contributed by atoms with van der Waals surface area (Å²) in [4.78, 5) is 19.1. The van der Waals surface area contributed by atoms with E-state index in [0.717, 1.165) is 19.4 Å². The lowest BCUT2D eigenvalue weighted by Gasteiger charge is -2.35. The molecule has 4 N–H and O–H groups in total. The molecule has 1 aliphatic carbocycles. The summed E-state index contributed by atoms with van der Waals surface area (Å²) in [6.07, 6.45) is 2.21. The van der Waals surface area contributed by atoms with E-state index in [9.17, 15) is 4.79 Å². The van der Waals surface area contributed by atoms with Crippen molar-refractivity contribution in [3.8, 4) is 0 Å². The first-order valence-electron chi connectivity index (χ1n) is 6.83. The zero-order valence-electron chi connectivity index (χ0n) is 11.3. The first-order valence-corrected chi connectivity index (χ1v) is 6.83. The minimum Gasteiger partial charge on any atom is -0.399 e. The molecule has 0 spiro atoms. The van der Waals surface area contributed by atoms with Gasteiger partial charge in [-0.05, 0) is 38.0 Å². The molecule has 0 radical (unpaired) electrons. The van der Waals surface area contributed by atoms with Gasteiger partial charge in [-0.2, -0.15) is 0 Å². The van der Waals surface area contributed by atoms with Crippen molar-refractivity contribution in [1.82, 2.24) is 9.97 Å². The van der Waals surface area contributed by atoms with Crippen LogP contribution < -0.4 is 16.6 Å². The highest BCUT2D eigenvalue weighted by Gasteiger charge is 2.29. The Kier molecular flexibility index (Phi) is 3.31. The van der Waals surface area contributed by atoms with Crippen LogP contribution in [0.4, 0.5) is 11.6 Å². The molecule has 0 bridgehead atoms. The Morgan fingerprint density at radius 2 is 2.30 bits per heavy atom. The van der Waals surface area contributed by atoms with Crippen molar-refractivity contribution in [2.75, 3.05) is 17.7 Å². The summed E-state index contributed by atoms with van der Waals surface area (Å²) >= 11 is 0. The standard InChI is InChI=1S/C14H18N4O2/c1-2-20-10-6-9(7-10)16-14-17-12-4-3-8(15)5-11(12)13(19)18-14/h3-5,9-10H,2,6-7,15H2,1H3,(H2,16,17,18,19). The van der Waals surface area contributed by atoms with E-state index in [0.29, 0.717) is 34.7 Å². The second-order valence-corrected chi connectivity index (χ2v) is 5.08. The Bertz CT molecular complexity index is 676. The lowest BCUT2D eigenvalue weighted by molar-refractivity contribution is 0.00285. The number of fused-ring (bicyclic) bond motifs is 1. The molecule has 0 aliphatic heterocycles. The molecule has 1 fully saturated rings. The highest BCUT2D eigenvalue weighted by molar-refractivity contribution is 5.81. The monoisotopic (exact) mass is 274 g/mol. The maximum absolute atomic E-state index is 12.0. The van der Waals surface area contributed by atoms with Crippen molar-refractivity contribution >= 4 is 22.5 Å². The van der Waals surface area contributed by atoms with Crippen LogP contribution in [0, 0.1) is 0 Å². The third kappa shape index (κ3) is 2.46. The second kappa shape index (κ2) is 5.13. The average molecular weight is 274 g/mol. The zero-order chi connectivity index (χ0) is 14.1. The summed E-state index contributed by atoms with van der Waals surface area (Å²) in [5.41, 5.74) is 6.70. The van der Waals surface area contributed by atoms with E-state index in [4.69, 9.17) is 10.5 Å². The van der Waals surface area contributed by atoms with E-state index < -0.39 is 0 Å². The molecule has 0 unspecified atom stereocenters. The Hall–Kier alpha value is -2.08. The minimum absolute atomic E-state index is 0.175. The number of H-pyrrole nitrogens is 1. The molecule has 20 heavy (non-hydrogen) atoms. The van der Waals surface area contributed by atoms with Gasteiger partial charge in [-0.15, -0.1) is 0 Å². The number of nitrogen functional groups attached to an aromatic ring is 1. The average Bonchev–Trinajstić information content (AvgIpc) is 2.37. The molecule has 0 atom stereocenters. The van der Waals surface area contributed by atoms with E-state index in [1.165, 1.54) is 0 Å². The number of nitrogens with zero attached hydrogens (tertiary/aromatic N) is 1. The van der Waals surface area contributed by atoms with E-state index in [1.54, 1.807) is 18.2 Å². The third-order valence-electron chi connectivity index (χ3n) is 3.57. The fraction of sp³-hybridized carbons (Fsp3) is 0.429. The summed E-state index contributed by atoms with van der Waals surface area (Å²) in [6, 6.07) is 5.45. The predicted molar refractivity (Wildman–Crippen MR) is 78.8 cm³/mol. The van der Waals surface area contributed by atoms with E-state index in [-0.39, 0.29) is 5.56 Å². The van der Waals surface area contributed by atoms with Crippen LogP contribution in [0.1, 0.15) is 19.8 Å². The zero-order valence-corrected chi connectivity index (χ0v) is 11.3. The topological polar surface area (TPSA) is 93.0 Å². The van der Waals surface area contributed by atoms with Gasteiger partial charge >= 0.3 is 0 Å². The van der Waals surface area contributed by atoms with Crippen LogP contribution >= 0.6 is 0 Å². The minimum atomic E-state index is -0.175. The van der Waals surface area contributed by atoms with Crippen LogP contribution in [0.25, 0.3) is 10.9 Å². The van der Waals surface area contributed by atoms with Crippen LogP contribution in [0.2, 0.25) is 0 Å². The molecule has 6 nitrogen and oxygen atoms in total. The molecular formula is C14H18N4O2. The van der Waals surface area contributed by atoms with Crippen LogP contribution in [0.5, 0.6) is 0 Å². The number of aromatic nitrogens is 2. The number of benzene rings is 1. The van der Waals surface area contributed by atoms with Gasteiger partial charge < -0.3 is 15.8 Å². The molecule has 1 heterocycles. The number of anilines is 2. The van der Waals surface area contributed by atoms with Crippen molar-refractivity contribution in [2.45, 2.75) is 31.9 Å². The van der Waals surface area contributed by atoms with Gasteiger partial charge in [0.05, 0.1) is 17.0 Å². The Labute approximate surface area is 116 Å². The van der Waals surface area contributed by atoms with Crippen molar-refractivity contribution in [3.05, 3.63) is 28.6 Å². The fourth-order valence-electron chi connectivity index (χ4n) is 2.47. The van der Waals surface area contributed by atoms with Crippen LogP contribution in [0.3, 0.4) is 0 Å². The Morgan fingerprint density at radius 1 is 1.50 bits per heavy atom. The second-order valence-electron chi connectivity index (χ2n) is 5.08. The number of ether oxygens (including phenoxy) is 1. The smallest absolute Gasteiger partial charge is 0.260 e. The molecule has 2 aromatic rings. The highest BCUT2D eigenvalue weighted by atomic mass is 16.5. The van der Waals surface area contributed by atoms with Crippen molar-refractivity contribution < 1.29 is 4.74 Å². The molecule has 6 heteroatoms. The van der Waals surface area contributed by atoms with Crippen LogP contribution in [-0.4, -0.2) is 28.7 Å². The SMILES string of the molecule is CCOC1CC(Nc2nc3ccc(N)cc3c(=O)[nH]2)C1. The first-order chi connectivity index (χ1) is 9.65. The van der Waals surface area contributed by atoms with Gasteiger partial charge in [0.1, 0.15) is 0 Å². The van der Waals surface area contributed by atoms with Crippen LogP contribution in [-0.2, 0) is 4.74 Å². The lowest BCUT2D eigenvalue weighted by Crippen LogP contribution is -2.41. The Morgan fingerprint density at radius 3 is 3.05 bits per heavy atom. The van der Waals surface area contributed by atoms with Gasteiger partial charge in [0, 0.05) is 18.3 Å². The van der Waals surface area contributed by atoms with E-state index in [1.807, 2.05) is 6.92 Å². The lowest BCUT2D eigenvalue weighted by atomic mass is 9.89. The normalized spacial score (nSPS) is 21.6. The Balaban J connectivity index is 1.77. The fourth-order valence-corrected chi connectivity index (χ4v) is 2.47. The first kappa shape index (κ1) is 12.9. The number of rotatable bonds is 4. The maximum atomic E-state index is 12.0. The summed E-state index contributed by atoms with van der Waals surface area (Å²) in [6.45, 7) is 2.73. The molecular weight excluding hydrogens is 256 g/mol. The van der Waals surface area contributed by atoms with Crippen molar-refractivity contribution in [2.24, 2.45) is 0 Å². The molecule has 3 rings (SSSR count). The quantitative estimate of drug-likeness (QED) is 0.734. The maximum Gasteiger partial charge on any atom is 0.260 e. The van der Waals surface area contributed by atoms with Gasteiger partial charge in [0.25, 0.3) is 5.56 Å². The molecule has 0 saturated heterocycles. The summed E-state index contributed by atoms with van der Waals surface area (Å²) < 4.78 is 5.51. The molecule has 1 aliphatic rings. The van der Waals surface area contributed by atoms with Crippen molar-refractivity contribution in [1.29, 1.82) is 0 Å². The molecule has 1 aromatic heterocycles. The molecule has 1 saturated carbocycles. The van der Waals surface area contributed by atoms with Gasteiger partial charge in [0.2, 0.25) is 5.95 Å². The van der Waals surface area contributed by atoms with Crippen LogP contribution in [0.15, 0.2) is 23.0 Å². The van der Waals surface area contributed by atoms with Gasteiger partial charge in [-0.25, -0.2) is 4.98 Å². The predicted octanol–water partition coefficient (Wildman–Crippen LogP) is 1.48. The van der Waals surface area contributed by atoms with Crippen molar-refractivity contribution in [3.63, 3.8) is 0 Å². The summed E-state index contributed by atoms with van der Waals surface area (Å²) in [5.74, 6) is 0.507. The summed E-state index contributed by atoms with van der Waals surface area (Å²) in [7, 11) is 0. The molecule has 106 valence electrons. The van der Waals surface area contributed by atoms with Gasteiger partial charge in [-0.1, -0.05) is 0 Å².